The Balaban J connectivity index is 2.44. The highest BCUT2D eigenvalue weighted by molar-refractivity contribution is 6.46. The summed E-state index contributed by atoms with van der Waals surface area (Å²) in [6.45, 7) is 0. The van der Waals surface area contributed by atoms with E-state index in [4.69, 9.17) is 0 Å². The molecule has 0 unspecified atom stereocenters. The Morgan fingerprint density at radius 2 is 2.27 bits per heavy atom. The lowest BCUT2D eigenvalue weighted by Gasteiger charge is -2.05. The zero-order valence-electron chi connectivity index (χ0n) is 7.88. The van der Waals surface area contributed by atoms with Gasteiger partial charge in [-0.3, -0.25) is 19.6 Å². The van der Waals surface area contributed by atoms with E-state index in [0.717, 1.165) is 6.29 Å². The van der Waals surface area contributed by atoms with Crippen LogP contribution in [0.2, 0.25) is 0 Å². The predicted molar refractivity (Wildman–Crippen MR) is 54.9 cm³/mol. The molecule has 0 saturated heterocycles. The Hall–Kier alpha value is -2.10. The maximum Gasteiger partial charge on any atom is 0.187 e. The summed E-state index contributed by atoms with van der Waals surface area (Å²) in [4.78, 5) is 30.0. The molecule has 0 spiro atoms. The van der Waals surface area contributed by atoms with E-state index in [1.54, 1.807) is 24.4 Å². The predicted octanol–water partition coefficient (Wildman–Crippen LogP) is 1.17. The second kappa shape index (κ2) is 3.96. The van der Waals surface area contributed by atoms with Crippen molar-refractivity contribution in [2.24, 2.45) is 4.99 Å². The molecule has 1 aromatic heterocycles. The molecule has 15 heavy (non-hydrogen) atoms. The first-order valence-electron chi connectivity index (χ1n) is 4.49. The third kappa shape index (κ3) is 1.88. The van der Waals surface area contributed by atoms with Crippen molar-refractivity contribution in [3.63, 3.8) is 0 Å². The minimum absolute atomic E-state index is 0.0759. The van der Waals surface area contributed by atoms with Gasteiger partial charge in [0.25, 0.3) is 0 Å². The van der Waals surface area contributed by atoms with Gasteiger partial charge in [0, 0.05) is 24.4 Å². The van der Waals surface area contributed by atoms with E-state index >= 15 is 0 Å². The van der Waals surface area contributed by atoms with Crippen molar-refractivity contribution in [3.05, 3.63) is 41.9 Å². The summed E-state index contributed by atoms with van der Waals surface area (Å²) in [7, 11) is 0. The maximum absolute atomic E-state index is 11.5. The molecular weight excluding hydrogens is 192 g/mol. The van der Waals surface area contributed by atoms with Crippen LogP contribution in [0.15, 0.2) is 35.6 Å². The highest BCUT2D eigenvalue weighted by Crippen LogP contribution is 2.08. The topological polar surface area (TPSA) is 59.4 Å². The first-order chi connectivity index (χ1) is 7.31. The molecule has 0 aliphatic carbocycles. The second-order valence-corrected chi connectivity index (χ2v) is 3.08. The molecule has 0 aromatic carbocycles. The first kappa shape index (κ1) is 9.45. The van der Waals surface area contributed by atoms with Gasteiger partial charge in [-0.25, -0.2) is 0 Å². The molecule has 0 bridgehead atoms. The molecule has 1 aromatic rings. The Labute approximate surface area is 86.4 Å². The van der Waals surface area contributed by atoms with E-state index in [0.29, 0.717) is 23.4 Å². The van der Waals surface area contributed by atoms with Crippen LogP contribution in [0, 0.1) is 0 Å². The van der Waals surface area contributed by atoms with Gasteiger partial charge in [0.1, 0.15) is 12.0 Å². The second-order valence-electron chi connectivity index (χ2n) is 3.08. The summed E-state index contributed by atoms with van der Waals surface area (Å²) in [5.74, 6) is -0.0759. The molecule has 2 rings (SSSR count). The minimum atomic E-state index is -0.0759. The van der Waals surface area contributed by atoms with Crippen molar-refractivity contribution < 1.29 is 9.59 Å². The smallest absolute Gasteiger partial charge is 0.187 e. The van der Waals surface area contributed by atoms with Gasteiger partial charge in [0.15, 0.2) is 5.78 Å². The van der Waals surface area contributed by atoms with Crippen LogP contribution in [0.1, 0.15) is 22.5 Å². The van der Waals surface area contributed by atoms with Crippen LogP contribution in [0.4, 0.5) is 0 Å². The van der Waals surface area contributed by atoms with Crippen molar-refractivity contribution in [2.75, 3.05) is 0 Å². The van der Waals surface area contributed by atoms with Crippen LogP contribution in [0.25, 0.3) is 0 Å². The van der Waals surface area contributed by atoms with Crippen LogP contribution in [0.3, 0.4) is 0 Å². The number of aldehydes is 1. The van der Waals surface area contributed by atoms with Crippen LogP contribution in [-0.4, -0.2) is 22.8 Å². The molecule has 4 nitrogen and oxygen atoms in total. The first-order valence-corrected chi connectivity index (χ1v) is 4.49. The molecule has 2 heterocycles. The normalized spacial score (nSPS) is 14.9. The molecule has 0 atom stereocenters. The summed E-state index contributed by atoms with van der Waals surface area (Å²) in [5.41, 5.74) is 1.26. The van der Waals surface area contributed by atoms with Gasteiger partial charge in [-0.05, 0) is 12.1 Å². The van der Waals surface area contributed by atoms with E-state index in [1.165, 1.54) is 6.20 Å². The quantitative estimate of drug-likeness (QED) is 0.673. The van der Waals surface area contributed by atoms with Gasteiger partial charge >= 0.3 is 0 Å². The number of aliphatic imine (C=N–C) groups is 1. The lowest BCUT2D eigenvalue weighted by molar-refractivity contribution is -0.112. The van der Waals surface area contributed by atoms with Crippen molar-refractivity contribution in [3.8, 4) is 0 Å². The zero-order valence-corrected chi connectivity index (χ0v) is 7.88. The standard InChI is InChI=1S/C11H8N2O2/c14-7-8-3-5-12-9(6-8)11-10(15)2-1-4-13-11/h1,3-7H,2H2. The van der Waals surface area contributed by atoms with E-state index in [2.05, 4.69) is 9.98 Å². The number of carbonyl (C=O) groups is 2. The van der Waals surface area contributed by atoms with Gasteiger partial charge in [0.05, 0.1) is 5.69 Å². The van der Waals surface area contributed by atoms with Gasteiger partial charge in [-0.2, -0.15) is 0 Å². The third-order valence-electron chi connectivity index (χ3n) is 2.04. The number of rotatable bonds is 2. The lowest BCUT2D eigenvalue weighted by Crippen LogP contribution is -2.18. The van der Waals surface area contributed by atoms with Crippen molar-refractivity contribution in [1.29, 1.82) is 0 Å². The summed E-state index contributed by atoms with van der Waals surface area (Å²) in [6.07, 6.45) is 5.81. The van der Waals surface area contributed by atoms with Gasteiger partial charge < -0.3 is 0 Å². The monoisotopic (exact) mass is 200 g/mol. The third-order valence-corrected chi connectivity index (χ3v) is 2.04. The molecule has 74 valence electrons. The fourth-order valence-electron chi connectivity index (χ4n) is 1.31. The number of Topliss-reactive ketones (excluding diaryl/α,β-unsaturated/α-hetero) is 1. The average molecular weight is 200 g/mol. The molecule has 0 N–H and O–H groups in total. The number of ketones is 1. The molecular formula is C11H8N2O2. The van der Waals surface area contributed by atoms with Crippen LogP contribution in [-0.2, 0) is 4.79 Å². The molecule has 0 radical (unpaired) electrons. The highest BCUT2D eigenvalue weighted by atomic mass is 16.1. The molecule has 0 fully saturated rings. The van der Waals surface area contributed by atoms with Crippen LogP contribution >= 0.6 is 0 Å². The fraction of sp³-hybridized carbons (Fsp3) is 0.0909. The maximum atomic E-state index is 11.5. The van der Waals surface area contributed by atoms with Crippen LogP contribution in [0.5, 0.6) is 0 Å². The Morgan fingerprint density at radius 3 is 3.00 bits per heavy atom. The van der Waals surface area contributed by atoms with Crippen LogP contribution < -0.4 is 0 Å². The molecule has 4 heteroatoms. The number of aromatic nitrogens is 1. The SMILES string of the molecule is O=Cc1ccnc(C2=NC=CCC2=O)c1. The number of hydrogen-bond acceptors (Lipinski definition) is 4. The zero-order chi connectivity index (χ0) is 10.7. The highest BCUT2D eigenvalue weighted by Gasteiger charge is 2.15. The molecule has 1 aliphatic rings. The number of nitrogens with zero attached hydrogens (tertiary/aromatic N) is 2. The van der Waals surface area contributed by atoms with E-state index in [1.807, 2.05) is 0 Å². The number of allylic oxidation sites excluding steroid dienone is 1. The summed E-state index contributed by atoms with van der Waals surface area (Å²) in [5, 5.41) is 0. The summed E-state index contributed by atoms with van der Waals surface area (Å²) in [6, 6.07) is 3.14. The van der Waals surface area contributed by atoms with Gasteiger partial charge in [-0.1, -0.05) is 6.08 Å². The minimum Gasteiger partial charge on any atom is -0.298 e. The fourth-order valence-corrected chi connectivity index (χ4v) is 1.31. The van der Waals surface area contributed by atoms with E-state index in [-0.39, 0.29) is 5.78 Å². The van der Waals surface area contributed by atoms with Crippen molar-refractivity contribution >= 4 is 17.8 Å². The van der Waals surface area contributed by atoms with E-state index in [9.17, 15) is 9.59 Å². The average Bonchev–Trinajstić information content (AvgIpc) is 2.30. The van der Waals surface area contributed by atoms with E-state index < -0.39 is 0 Å². The van der Waals surface area contributed by atoms with Crippen molar-refractivity contribution in [2.45, 2.75) is 6.42 Å². The van der Waals surface area contributed by atoms with Crippen molar-refractivity contribution in [1.82, 2.24) is 4.98 Å². The Kier molecular flexibility index (Phi) is 2.49. The van der Waals surface area contributed by atoms with Gasteiger partial charge in [-0.15, -0.1) is 0 Å². The van der Waals surface area contributed by atoms with Gasteiger partial charge in [0.2, 0.25) is 0 Å². The number of pyridine rings is 1. The molecule has 1 aliphatic heterocycles. The molecule has 0 saturated carbocycles. The lowest BCUT2D eigenvalue weighted by atomic mass is 10.1. The Bertz CT molecular complexity index is 475. The molecule has 0 amide bonds. The number of carbonyl (C=O) groups excluding carboxylic acids is 2. The Morgan fingerprint density at radius 1 is 1.40 bits per heavy atom. The summed E-state index contributed by atoms with van der Waals surface area (Å²) < 4.78 is 0. The largest absolute Gasteiger partial charge is 0.298 e. The summed E-state index contributed by atoms with van der Waals surface area (Å²) >= 11 is 0. The number of hydrogen-bond donors (Lipinski definition) is 0.